The van der Waals surface area contributed by atoms with Crippen LogP contribution in [0.3, 0.4) is 0 Å². The van der Waals surface area contributed by atoms with Gasteiger partial charge in [0, 0.05) is 24.5 Å². The van der Waals surface area contributed by atoms with Crippen LogP contribution in [0.4, 0.5) is 11.4 Å². The normalized spacial score (nSPS) is 22.2. The Bertz CT molecular complexity index is 533. The summed E-state index contributed by atoms with van der Waals surface area (Å²) in [6.45, 7) is 5.06. The van der Waals surface area contributed by atoms with Crippen LogP contribution < -0.4 is 10.6 Å². The number of ether oxygens (including phenoxy) is 2. The molecule has 0 spiro atoms. The minimum Gasteiger partial charge on any atom is -0.465 e. The first-order valence-corrected chi connectivity index (χ1v) is 6.96. The highest BCUT2D eigenvalue weighted by Crippen LogP contribution is 2.28. The van der Waals surface area contributed by atoms with Crippen LogP contribution in [0.15, 0.2) is 12.1 Å². The number of aryl methyl sites for hydroxylation is 1. The van der Waals surface area contributed by atoms with Gasteiger partial charge in [-0.3, -0.25) is 0 Å². The number of rotatable bonds is 3. The molecule has 116 valence electrons. The molecular formula is C15H22N2O4. The molecule has 2 atom stereocenters. The minimum absolute atomic E-state index is 0.00957. The summed E-state index contributed by atoms with van der Waals surface area (Å²) in [5.74, 6) is -0.447. The van der Waals surface area contributed by atoms with Crippen molar-refractivity contribution in [2.75, 3.05) is 37.4 Å². The van der Waals surface area contributed by atoms with Gasteiger partial charge in [0.25, 0.3) is 0 Å². The van der Waals surface area contributed by atoms with Gasteiger partial charge in [0.1, 0.15) is 0 Å². The lowest BCUT2D eigenvalue weighted by Crippen LogP contribution is -2.48. The molecule has 0 radical (unpaired) electrons. The van der Waals surface area contributed by atoms with Gasteiger partial charge < -0.3 is 25.2 Å². The van der Waals surface area contributed by atoms with Gasteiger partial charge in [-0.1, -0.05) is 0 Å². The Morgan fingerprint density at radius 2 is 2.24 bits per heavy atom. The maximum Gasteiger partial charge on any atom is 0.340 e. The third-order valence-electron chi connectivity index (χ3n) is 3.67. The molecule has 1 heterocycles. The van der Waals surface area contributed by atoms with Crippen molar-refractivity contribution in [2.24, 2.45) is 0 Å². The van der Waals surface area contributed by atoms with Crippen molar-refractivity contribution in [1.82, 2.24) is 0 Å². The Balaban J connectivity index is 2.35. The van der Waals surface area contributed by atoms with Gasteiger partial charge in [0.15, 0.2) is 0 Å². The van der Waals surface area contributed by atoms with Gasteiger partial charge in [-0.15, -0.1) is 0 Å². The average Bonchev–Trinajstić information content (AvgIpc) is 2.48. The molecule has 1 fully saturated rings. The highest BCUT2D eigenvalue weighted by Gasteiger charge is 2.26. The van der Waals surface area contributed by atoms with Crippen LogP contribution >= 0.6 is 0 Å². The summed E-state index contributed by atoms with van der Waals surface area (Å²) >= 11 is 0. The van der Waals surface area contributed by atoms with Crippen LogP contribution in [0.25, 0.3) is 0 Å². The molecule has 1 aliphatic heterocycles. The van der Waals surface area contributed by atoms with E-state index in [2.05, 4.69) is 4.90 Å². The lowest BCUT2D eigenvalue weighted by Gasteiger charge is -2.37. The number of nitrogens with two attached hydrogens (primary N) is 1. The molecule has 1 aliphatic rings. The number of nitrogen functional groups attached to an aromatic ring is 1. The summed E-state index contributed by atoms with van der Waals surface area (Å²) in [6, 6.07) is 3.68. The fourth-order valence-electron chi connectivity index (χ4n) is 2.60. The summed E-state index contributed by atoms with van der Waals surface area (Å²) in [7, 11) is 1.34. The van der Waals surface area contributed by atoms with E-state index < -0.39 is 5.97 Å². The van der Waals surface area contributed by atoms with Crippen molar-refractivity contribution in [1.29, 1.82) is 0 Å². The largest absolute Gasteiger partial charge is 0.465 e. The predicted octanol–water partition coefficient (Wildman–Crippen LogP) is 0.950. The highest BCUT2D eigenvalue weighted by atomic mass is 16.5. The topological polar surface area (TPSA) is 85.0 Å². The molecule has 6 nitrogen and oxygen atoms in total. The lowest BCUT2D eigenvalue weighted by atomic mass is 10.1. The van der Waals surface area contributed by atoms with Gasteiger partial charge in [-0.05, 0) is 31.5 Å². The number of carbonyl (C=O) groups excluding carboxylic acids is 1. The number of benzene rings is 1. The summed E-state index contributed by atoms with van der Waals surface area (Å²) in [4.78, 5) is 13.9. The molecule has 2 rings (SSSR count). The van der Waals surface area contributed by atoms with E-state index in [0.29, 0.717) is 24.3 Å². The second kappa shape index (κ2) is 6.32. The number of morpholine rings is 1. The minimum atomic E-state index is -0.447. The number of hydrogen-bond acceptors (Lipinski definition) is 6. The number of carbonyl (C=O) groups is 1. The van der Waals surface area contributed by atoms with E-state index in [1.165, 1.54) is 7.11 Å². The zero-order valence-corrected chi connectivity index (χ0v) is 12.6. The second-order valence-electron chi connectivity index (χ2n) is 5.37. The molecule has 0 aliphatic carbocycles. The zero-order valence-electron chi connectivity index (χ0n) is 12.6. The van der Waals surface area contributed by atoms with Crippen LogP contribution in [0.1, 0.15) is 22.8 Å². The maximum atomic E-state index is 11.8. The van der Waals surface area contributed by atoms with E-state index in [9.17, 15) is 9.90 Å². The smallest absolute Gasteiger partial charge is 0.340 e. The fraction of sp³-hybridized carbons (Fsp3) is 0.533. The third kappa shape index (κ3) is 3.28. The van der Waals surface area contributed by atoms with Crippen LogP contribution in [0, 0.1) is 6.92 Å². The van der Waals surface area contributed by atoms with Crippen molar-refractivity contribution in [2.45, 2.75) is 26.1 Å². The molecule has 1 aromatic carbocycles. The van der Waals surface area contributed by atoms with Gasteiger partial charge in [-0.25, -0.2) is 4.79 Å². The zero-order chi connectivity index (χ0) is 15.6. The standard InChI is InChI=1S/C15H22N2O4/c1-9-4-11(5-13(14(9)16)15(19)20-3)17-6-10(2)21-12(7-17)8-18/h4-5,10,12,18H,6-8,16H2,1-3H3. The number of methoxy groups -OCH3 is 1. The first-order valence-electron chi connectivity index (χ1n) is 6.96. The van der Waals surface area contributed by atoms with E-state index in [1.54, 1.807) is 6.07 Å². The number of anilines is 2. The number of esters is 1. The number of aliphatic hydroxyl groups excluding tert-OH is 1. The van der Waals surface area contributed by atoms with Crippen LogP contribution in [-0.4, -0.2) is 50.1 Å². The first kappa shape index (κ1) is 15.6. The molecule has 0 aromatic heterocycles. The molecule has 21 heavy (non-hydrogen) atoms. The third-order valence-corrected chi connectivity index (χ3v) is 3.67. The summed E-state index contributed by atoms with van der Waals surface area (Å²) in [6.07, 6.45) is -0.219. The Morgan fingerprint density at radius 3 is 2.86 bits per heavy atom. The number of aliphatic hydroxyl groups is 1. The monoisotopic (exact) mass is 294 g/mol. The van der Waals surface area contributed by atoms with Crippen molar-refractivity contribution < 1.29 is 19.4 Å². The SMILES string of the molecule is COC(=O)c1cc(N2CC(C)OC(CO)C2)cc(C)c1N. The van der Waals surface area contributed by atoms with Gasteiger partial charge in [0.2, 0.25) is 0 Å². The summed E-state index contributed by atoms with van der Waals surface area (Å²) in [5, 5.41) is 9.31. The van der Waals surface area contributed by atoms with Gasteiger partial charge in [0.05, 0.1) is 31.5 Å². The molecule has 6 heteroatoms. The molecule has 2 unspecified atom stereocenters. The van der Waals surface area contributed by atoms with E-state index in [-0.39, 0.29) is 18.8 Å². The second-order valence-corrected chi connectivity index (χ2v) is 5.37. The maximum absolute atomic E-state index is 11.8. The lowest BCUT2D eigenvalue weighted by molar-refractivity contribution is -0.0421. The van der Waals surface area contributed by atoms with Crippen LogP contribution in [0.5, 0.6) is 0 Å². The molecule has 1 saturated heterocycles. The van der Waals surface area contributed by atoms with Gasteiger partial charge >= 0.3 is 5.97 Å². The number of nitrogens with zero attached hydrogens (tertiary/aromatic N) is 1. The van der Waals surface area contributed by atoms with E-state index in [1.807, 2.05) is 19.9 Å². The quantitative estimate of drug-likeness (QED) is 0.638. The van der Waals surface area contributed by atoms with Gasteiger partial charge in [-0.2, -0.15) is 0 Å². The summed E-state index contributed by atoms with van der Waals surface area (Å²) in [5.41, 5.74) is 8.47. The predicted molar refractivity (Wildman–Crippen MR) is 80.6 cm³/mol. The van der Waals surface area contributed by atoms with E-state index >= 15 is 0 Å². The summed E-state index contributed by atoms with van der Waals surface area (Å²) < 4.78 is 10.4. The molecule has 0 amide bonds. The molecular weight excluding hydrogens is 272 g/mol. The van der Waals surface area contributed by atoms with Crippen molar-refractivity contribution in [3.05, 3.63) is 23.3 Å². The van der Waals surface area contributed by atoms with Crippen molar-refractivity contribution in [3.8, 4) is 0 Å². The Morgan fingerprint density at radius 1 is 1.52 bits per heavy atom. The van der Waals surface area contributed by atoms with Crippen LogP contribution in [-0.2, 0) is 9.47 Å². The van der Waals surface area contributed by atoms with Crippen molar-refractivity contribution >= 4 is 17.3 Å². The molecule has 1 aromatic rings. The Hall–Kier alpha value is -1.79. The highest BCUT2D eigenvalue weighted by molar-refractivity contribution is 5.97. The number of hydrogen-bond donors (Lipinski definition) is 2. The van der Waals surface area contributed by atoms with Crippen molar-refractivity contribution in [3.63, 3.8) is 0 Å². The van der Waals surface area contributed by atoms with E-state index in [0.717, 1.165) is 11.3 Å². The molecule has 3 N–H and O–H groups in total. The van der Waals surface area contributed by atoms with E-state index in [4.69, 9.17) is 15.2 Å². The Labute approximate surface area is 124 Å². The molecule has 0 saturated carbocycles. The first-order chi connectivity index (χ1) is 9.96. The average molecular weight is 294 g/mol. The van der Waals surface area contributed by atoms with Crippen LogP contribution in [0.2, 0.25) is 0 Å². The Kier molecular flexibility index (Phi) is 4.69. The fourth-order valence-corrected chi connectivity index (χ4v) is 2.60. The molecule has 0 bridgehead atoms.